The Kier molecular flexibility index (Phi) is 5.38. The number of aryl methyl sites for hydroxylation is 1. The van der Waals surface area contributed by atoms with Gasteiger partial charge in [-0.15, -0.1) is 0 Å². The van der Waals surface area contributed by atoms with E-state index in [1.165, 1.54) is 37.1 Å². The molecule has 1 aliphatic rings. The number of thiocarbonyl (C=S) groups is 1. The largest absolute Gasteiger partial charge is 0.360 e. The summed E-state index contributed by atoms with van der Waals surface area (Å²) in [5, 5.41) is 7.53. The average molecular weight is 291 g/mol. The van der Waals surface area contributed by atoms with Gasteiger partial charge in [0, 0.05) is 24.8 Å². The molecule has 110 valence electrons. The van der Waals surface area contributed by atoms with Gasteiger partial charge in [0.25, 0.3) is 0 Å². The van der Waals surface area contributed by atoms with Crippen LogP contribution in [0, 0.1) is 13.8 Å². The quantitative estimate of drug-likeness (QED) is 0.837. The summed E-state index contributed by atoms with van der Waals surface area (Å²) < 4.78 is 0. The lowest BCUT2D eigenvalue weighted by molar-refractivity contribution is 0.216. The summed E-state index contributed by atoms with van der Waals surface area (Å²) >= 11 is 5.44. The number of rotatable bonds is 3. The molecule has 0 aromatic heterocycles. The van der Waals surface area contributed by atoms with Gasteiger partial charge in [0.1, 0.15) is 0 Å². The molecule has 3 nitrogen and oxygen atoms in total. The van der Waals surface area contributed by atoms with Crippen molar-refractivity contribution in [2.75, 3.05) is 25.0 Å². The van der Waals surface area contributed by atoms with Crippen LogP contribution < -0.4 is 10.6 Å². The molecule has 0 unspecified atom stereocenters. The van der Waals surface area contributed by atoms with Crippen LogP contribution in [-0.4, -0.2) is 35.7 Å². The average Bonchev–Trinajstić information content (AvgIpc) is 2.45. The molecule has 0 saturated carbocycles. The molecule has 0 amide bonds. The Hall–Kier alpha value is -1.13. The van der Waals surface area contributed by atoms with Gasteiger partial charge in [0.05, 0.1) is 0 Å². The Bertz CT molecular complexity index is 465. The third-order valence-electron chi connectivity index (χ3n) is 4.22. The molecular weight excluding hydrogens is 266 g/mol. The zero-order chi connectivity index (χ0) is 14.5. The molecule has 1 heterocycles. The minimum atomic E-state index is 0.503. The van der Waals surface area contributed by atoms with E-state index < -0.39 is 0 Å². The number of nitrogens with zero attached hydrogens (tertiary/aromatic N) is 1. The highest BCUT2D eigenvalue weighted by molar-refractivity contribution is 7.80. The monoisotopic (exact) mass is 291 g/mol. The Morgan fingerprint density at radius 1 is 1.30 bits per heavy atom. The van der Waals surface area contributed by atoms with E-state index in [1.807, 2.05) is 0 Å². The van der Waals surface area contributed by atoms with Crippen molar-refractivity contribution in [2.45, 2.75) is 39.7 Å². The third kappa shape index (κ3) is 3.93. The summed E-state index contributed by atoms with van der Waals surface area (Å²) in [6, 6.07) is 6.77. The maximum atomic E-state index is 5.44. The van der Waals surface area contributed by atoms with E-state index in [9.17, 15) is 0 Å². The second kappa shape index (κ2) is 7.04. The van der Waals surface area contributed by atoms with Crippen LogP contribution in [0.1, 0.15) is 30.9 Å². The van der Waals surface area contributed by atoms with E-state index in [4.69, 9.17) is 12.2 Å². The molecule has 2 rings (SSSR count). The van der Waals surface area contributed by atoms with Crippen molar-refractivity contribution >= 4 is 23.0 Å². The highest BCUT2D eigenvalue weighted by Gasteiger charge is 2.18. The van der Waals surface area contributed by atoms with E-state index in [2.05, 4.69) is 54.5 Å². The van der Waals surface area contributed by atoms with Gasteiger partial charge in [-0.3, -0.25) is 0 Å². The predicted molar refractivity (Wildman–Crippen MR) is 90.4 cm³/mol. The first kappa shape index (κ1) is 15.3. The Labute approximate surface area is 127 Å². The second-order valence-corrected chi connectivity index (χ2v) is 5.96. The minimum absolute atomic E-state index is 0.503. The molecule has 1 fully saturated rings. The van der Waals surface area contributed by atoms with Crippen LogP contribution in [0.3, 0.4) is 0 Å². The van der Waals surface area contributed by atoms with Crippen molar-refractivity contribution in [2.24, 2.45) is 0 Å². The number of nitrogens with one attached hydrogen (secondary N) is 2. The smallest absolute Gasteiger partial charge is 0.171 e. The van der Waals surface area contributed by atoms with Crippen molar-refractivity contribution in [3.8, 4) is 0 Å². The summed E-state index contributed by atoms with van der Waals surface area (Å²) in [6.45, 7) is 9.95. The van der Waals surface area contributed by atoms with Gasteiger partial charge < -0.3 is 15.5 Å². The molecular formula is C16H25N3S. The first-order valence-corrected chi connectivity index (χ1v) is 7.87. The normalized spacial score (nSPS) is 16.9. The molecule has 20 heavy (non-hydrogen) atoms. The number of hydrogen-bond acceptors (Lipinski definition) is 2. The molecule has 0 aliphatic carbocycles. The van der Waals surface area contributed by atoms with Crippen molar-refractivity contribution < 1.29 is 0 Å². The van der Waals surface area contributed by atoms with Crippen LogP contribution in [0.5, 0.6) is 0 Å². The number of benzene rings is 1. The van der Waals surface area contributed by atoms with E-state index in [0.717, 1.165) is 17.3 Å². The highest BCUT2D eigenvalue weighted by Crippen LogP contribution is 2.18. The van der Waals surface area contributed by atoms with Crippen molar-refractivity contribution in [1.82, 2.24) is 10.2 Å². The van der Waals surface area contributed by atoms with E-state index >= 15 is 0 Å². The van der Waals surface area contributed by atoms with Crippen LogP contribution >= 0.6 is 12.2 Å². The van der Waals surface area contributed by atoms with Gasteiger partial charge in [0.15, 0.2) is 5.11 Å². The SMILES string of the molecule is CCN1CCC(NC(=S)Nc2cccc(C)c2C)CC1. The summed E-state index contributed by atoms with van der Waals surface area (Å²) in [5.74, 6) is 0. The fourth-order valence-electron chi connectivity index (χ4n) is 2.62. The number of piperidine rings is 1. The van der Waals surface area contributed by atoms with Gasteiger partial charge in [0.2, 0.25) is 0 Å². The van der Waals surface area contributed by atoms with Gasteiger partial charge in [-0.05, 0) is 62.6 Å². The van der Waals surface area contributed by atoms with Crippen LogP contribution in [-0.2, 0) is 0 Å². The van der Waals surface area contributed by atoms with Crippen LogP contribution in [0.4, 0.5) is 5.69 Å². The maximum Gasteiger partial charge on any atom is 0.171 e. The van der Waals surface area contributed by atoms with Crippen molar-refractivity contribution in [3.05, 3.63) is 29.3 Å². The number of hydrogen-bond donors (Lipinski definition) is 2. The minimum Gasteiger partial charge on any atom is -0.360 e. The molecule has 0 radical (unpaired) electrons. The topological polar surface area (TPSA) is 27.3 Å². The fourth-order valence-corrected chi connectivity index (χ4v) is 2.90. The molecule has 0 atom stereocenters. The summed E-state index contributed by atoms with van der Waals surface area (Å²) in [5.41, 5.74) is 3.65. The first-order chi connectivity index (χ1) is 9.60. The van der Waals surface area contributed by atoms with Crippen molar-refractivity contribution in [1.29, 1.82) is 0 Å². The standard InChI is InChI=1S/C16H25N3S/c1-4-19-10-8-14(9-11-19)17-16(20)18-15-7-5-6-12(2)13(15)3/h5-7,14H,4,8-11H2,1-3H3,(H2,17,18,20). The lowest BCUT2D eigenvalue weighted by atomic mass is 10.1. The highest BCUT2D eigenvalue weighted by atomic mass is 32.1. The number of likely N-dealkylation sites (tertiary alicyclic amines) is 1. The molecule has 0 bridgehead atoms. The second-order valence-electron chi connectivity index (χ2n) is 5.55. The molecule has 1 saturated heterocycles. The summed E-state index contributed by atoms with van der Waals surface area (Å²) in [7, 11) is 0. The molecule has 2 N–H and O–H groups in total. The van der Waals surface area contributed by atoms with Crippen molar-refractivity contribution in [3.63, 3.8) is 0 Å². The molecule has 4 heteroatoms. The lowest BCUT2D eigenvalue weighted by Crippen LogP contribution is -2.45. The lowest BCUT2D eigenvalue weighted by Gasteiger charge is -2.32. The Morgan fingerprint density at radius 2 is 2.00 bits per heavy atom. The summed E-state index contributed by atoms with van der Waals surface area (Å²) in [6.07, 6.45) is 2.34. The van der Waals surface area contributed by atoms with Crippen LogP contribution in [0.15, 0.2) is 18.2 Å². The molecule has 1 aromatic rings. The zero-order valence-electron chi connectivity index (χ0n) is 12.7. The van der Waals surface area contributed by atoms with E-state index in [0.29, 0.717) is 6.04 Å². The molecule has 0 spiro atoms. The number of anilines is 1. The van der Waals surface area contributed by atoms with Gasteiger partial charge in [-0.2, -0.15) is 0 Å². The van der Waals surface area contributed by atoms with Crippen LogP contribution in [0.2, 0.25) is 0 Å². The van der Waals surface area contributed by atoms with Gasteiger partial charge in [-0.1, -0.05) is 19.1 Å². The molecule has 1 aliphatic heterocycles. The Morgan fingerprint density at radius 3 is 2.65 bits per heavy atom. The maximum absolute atomic E-state index is 5.44. The zero-order valence-corrected chi connectivity index (χ0v) is 13.5. The Balaban J connectivity index is 1.85. The predicted octanol–water partition coefficient (Wildman–Crippen LogP) is 3.07. The van der Waals surface area contributed by atoms with E-state index in [-0.39, 0.29) is 0 Å². The first-order valence-electron chi connectivity index (χ1n) is 7.46. The van der Waals surface area contributed by atoms with E-state index in [1.54, 1.807) is 0 Å². The van der Waals surface area contributed by atoms with Gasteiger partial charge in [-0.25, -0.2) is 0 Å². The molecule has 1 aromatic carbocycles. The van der Waals surface area contributed by atoms with Gasteiger partial charge >= 0.3 is 0 Å². The third-order valence-corrected chi connectivity index (χ3v) is 4.44. The van der Waals surface area contributed by atoms with Crippen LogP contribution in [0.25, 0.3) is 0 Å². The fraction of sp³-hybridized carbons (Fsp3) is 0.562. The summed E-state index contributed by atoms with van der Waals surface area (Å²) in [4.78, 5) is 2.49.